The summed E-state index contributed by atoms with van der Waals surface area (Å²) in [5, 5.41) is 14.8. The van der Waals surface area contributed by atoms with E-state index >= 15 is 0 Å². The number of hydrogen-bond donors (Lipinski definition) is 3. The minimum Gasteiger partial charge on any atom is -0.467 e. The van der Waals surface area contributed by atoms with E-state index < -0.39 is 0 Å². The van der Waals surface area contributed by atoms with Crippen LogP contribution in [0.15, 0.2) is 0 Å². The van der Waals surface area contributed by atoms with E-state index in [2.05, 4.69) is 25.6 Å². The predicted molar refractivity (Wildman–Crippen MR) is 62.3 cm³/mol. The first kappa shape index (κ1) is 13.4. The number of anilines is 2. The Bertz CT molecular complexity index is 327. The molecule has 0 amide bonds. The molecule has 0 fully saturated rings. The molecular weight excluding hydrogens is 226 g/mol. The topological polar surface area (TPSA) is 101 Å². The van der Waals surface area contributed by atoms with Gasteiger partial charge in [-0.1, -0.05) is 0 Å². The second kappa shape index (κ2) is 6.81. The number of aliphatic hydroxyl groups excluding tert-OH is 1. The Morgan fingerprint density at radius 1 is 1.24 bits per heavy atom. The van der Waals surface area contributed by atoms with Crippen LogP contribution in [0, 0.1) is 0 Å². The van der Waals surface area contributed by atoms with Crippen molar-refractivity contribution < 1.29 is 14.6 Å². The molecule has 0 aliphatic rings. The molecule has 8 heteroatoms. The Morgan fingerprint density at radius 3 is 2.47 bits per heavy atom. The summed E-state index contributed by atoms with van der Waals surface area (Å²) in [4.78, 5) is 12.0. The summed E-state index contributed by atoms with van der Waals surface area (Å²) in [5.41, 5.74) is 0. The van der Waals surface area contributed by atoms with Gasteiger partial charge in [-0.15, -0.1) is 0 Å². The van der Waals surface area contributed by atoms with Crippen LogP contribution in [0.1, 0.15) is 0 Å². The lowest BCUT2D eigenvalue weighted by Gasteiger charge is -2.15. The summed E-state index contributed by atoms with van der Waals surface area (Å²) < 4.78 is 9.88. The van der Waals surface area contributed by atoms with Crippen molar-refractivity contribution in [3.63, 3.8) is 0 Å². The molecule has 1 rings (SSSR count). The smallest absolute Gasteiger partial charge is 0.322 e. The Hall–Kier alpha value is -1.67. The molecule has 0 saturated heterocycles. The molecule has 3 N–H and O–H groups in total. The number of methoxy groups -OCH3 is 2. The molecule has 1 atom stereocenters. The second-order valence-electron chi connectivity index (χ2n) is 3.20. The van der Waals surface area contributed by atoms with E-state index in [1.165, 1.54) is 7.11 Å². The van der Waals surface area contributed by atoms with Crippen molar-refractivity contribution in [2.75, 3.05) is 45.1 Å². The molecular formula is C9H17N5O3. The van der Waals surface area contributed by atoms with Crippen LogP contribution >= 0.6 is 0 Å². The van der Waals surface area contributed by atoms with Gasteiger partial charge in [-0.2, -0.15) is 15.0 Å². The monoisotopic (exact) mass is 243 g/mol. The summed E-state index contributed by atoms with van der Waals surface area (Å²) in [6, 6.07) is -0.0854. The molecule has 1 unspecified atom stereocenters. The highest BCUT2D eigenvalue weighted by molar-refractivity contribution is 5.36. The average Bonchev–Trinajstić information content (AvgIpc) is 2.37. The Kier molecular flexibility index (Phi) is 5.37. The average molecular weight is 243 g/mol. The van der Waals surface area contributed by atoms with Crippen molar-refractivity contribution in [2.24, 2.45) is 0 Å². The number of aliphatic hydroxyl groups is 1. The van der Waals surface area contributed by atoms with Crippen LogP contribution in [0.25, 0.3) is 0 Å². The highest BCUT2D eigenvalue weighted by Gasteiger charge is 2.11. The zero-order valence-corrected chi connectivity index (χ0v) is 10.1. The van der Waals surface area contributed by atoms with Gasteiger partial charge in [-0.3, -0.25) is 0 Å². The molecule has 1 aromatic rings. The van der Waals surface area contributed by atoms with Gasteiger partial charge >= 0.3 is 6.01 Å². The summed E-state index contributed by atoms with van der Waals surface area (Å²) in [5.74, 6) is 0.700. The maximum absolute atomic E-state index is 9.11. The quantitative estimate of drug-likeness (QED) is 0.580. The van der Waals surface area contributed by atoms with E-state index in [0.717, 1.165) is 0 Å². The second-order valence-corrected chi connectivity index (χ2v) is 3.20. The predicted octanol–water partition coefficient (Wildman–Crippen LogP) is -0.659. The highest BCUT2D eigenvalue weighted by Crippen LogP contribution is 2.10. The number of aromatic nitrogens is 3. The summed E-state index contributed by atoms with van der Waals surface area (Å²) in [6.07, 6.45) is 0. The van der Waals surface area contributed by atoms with Crippen LogP contribution in [-0.2, 0) is 4.74 Å². The number of nitrogens with one attached hydrogen (secondary N) is 2. The first-order valence-corrected chi connectivity index (χ1v) is 5.07. The zero-order chi connectivity index (χ0) is 12.7. The number of rotatable bonds is 7. The fourth-order valence-corrected chi connectivity index (χ4v) is 1.15. The van der Waals surface area contributed by atoms with Gasteiger partial charge in [-0.05, 0) is 0 Å². The van der Waals surface area contributed by atoms with Gasteiger partial charge in [0.15, 0.2) is 0 Å². The normalized spacial score (nSPS) is 12.0. The number of ether oxygens (including phenoxy) is 2. The molecule has 1 aromatic heterocycles. The molecule has 0 bridgehead atoms. The van der Waals surface area contributed by atoms with Crippen LogP contribution in [0.4, 0.5) is 11.9 Å². The zero-order valence-electron chi connectivity index (χ0n) is 10.1. The van der Waals surface area contributed by atoms with Crippen molar-refractivity contribution in [3.05, 3.63) is 0 Å². The van der Waals surface area contributed by atoms with Gasteiger partial charge in [0.1, 0.15) is 0 Å². The molecule has 17 heavy (non-hydrogen) atoms. The molecule has 96 valence electrons. The van der Waals surface area contributed by atoms with E-state index in [9.17, 15) is 0 Å². The fraction of sp³-hybridized carbons (Fsp3) is 0.667. The molecule has 0 aromatic carbocycles. The van der Waals surface area contributed by atoms with E-state index in [-0.39, 0.29) is 18.7 Å². The lowest BCUT2D eigenvalue weighted by atomic mass is 10.3. The molecule has 0 aliphatic carbocycles. The maximum Gasteiger partial charge on any atom is 0.322 e. The SMILES string of the molecule is CNc1nc(NC(CO)COC)nc(OC)n1. The standard InChI is InChI=1S/C9H17N5O3/c1-10-7-12-8(14-9(13-7)17-3)11-6(4-15)5-16-2/h6,15H,4-5H2,1-3H3,(H2,10,11,12,13,14). The van der Waals surface area contributed by atoms with E-state index in [1.54, 1.807) is 14.2 Å². The van der Waals surface area contributed by atoms with Crippen molar-refractivity contribution in [1.82, 2.24) is 15.0 Å². The fourth-order valence-electron chi connectivity index (χ4n) is 1.15. The number of hydrogen-bond acceptors (Lipinski definition) is 8. The van der Waals surface area contributed by atoms with Crippen LogP contribution in [-0.4, -0.2) is 60.6 Å². The Labute approximate surface area is 99.4 Å². The van der Waals surface area contributed by atoms with Gasteiger partial charge in [0.25, 0.3) is 0 Å². The molecule has 8 nitrogen and oxygen atoms in total. The van der Waals surface area contributed by atoms with Gasteiger partial charge in [0, 0.05) is 14.2 Å². The lowest BCUT2D eigenvalue weighted by Crippen LogP contribution is -2.29. The van der Waals surface area contributed by atoms with Crippen molar-refractivity contribution >= 4 is 11.9 Å². The molecule has 0 aliphatic heterocycles. The first-order valence-electron chi connectivity index (χ1n) is 5.07. The number of nitrogens with zero attached hydrogens (tertiary/aromatic N) is 3. The van der Waals surface area contributed by atoms with Crippen LogP contribution in [0.2, 0.25) is 0 Å². The summed E-state index contributed by atoms with van der Waals surface area (Å²) >= 11 is 0. The Morgan fingerprint density at radius 2 is 1.94 bits per heavy atom. The minimum absolute atomic E-state index is 0.0866. The van der Waals surface area contributed by atoms with Gasteiger partial charge in [0.2, 0.25) is 11.9 Å². The van der Waals surface area contributed by atoms with Gasteiger partial charge < -0.3 is 25.2 Å². The molecule has 0 saturated carbocycles. The van der Waals surface area contributed by atoms with Crippen LogP contribution < -0.4 is 15.4 Å². The largest absolute Gasteiger partial charge is 0.467 e. The van der Waals surface area contributed by atoms with Crippen molar-refractivity contribution in [2.45, 2.75) is 6.04 Å². The lowest BCUT2D eigenvalue weighted by molar-refractivity contribution is 0.153. The Balaban J connectivity index is 2.81. The molecule has 0 spiro atoms. The minimum atomic E-state index is -0.281. The highest BCUT2D eigenvalue weighted by atomic mass is 16.5. The third-order valence-corrected chi connectivity index (χ3v) is 1.94. The van der Waals surface area contributed by atoms with Gasteiger partial charge in [0.05, 0.1) is 26.4 Å². The third kappa shape index (κ3) is 4.00. The van der Waals surface area contributed by atoms with Crippen LogP contribution in [0.5, 0.6) is 6.01 Å². The van der Waals surface area contributed by atoms with Crippen LogP contribution in [0.3, 0.4) is 0 Å². The molecule has 0 radical (unpaired) electrons. The summed E-state index contributed by atoms with van der Waals surface area (Å²) in [7, 11) is 4.71. The van der Waals surface area contributed by atoms with E-state index in [1.807, 2.05) is 0 Å². The molecule has 1 heterocycles. The first-order chi connectivity index (χ1) is 8.23. The van der Waals surface area contributed by atoms with Crippen molar-refractivity contribution in [3.8, 4) is 6.01 Å². The van der Waals surface area contributed by atoms with Crippen molar-refractivity contribution in [1.29, 1.82) is 0 Å². The third-order valence-electron chi connectivity index (χ3n) is 1.94. The van der Waals surface area contributed by atoms with E-state index in [4.69, 9.17) is 14.6 Å². The van der Waals surface area contributed by atoms with E-state index in [0.29, 0.717) is 18.5 Å². The maximum atomic E-state index is 9.11. The van der Waals surface area contributed by atoms with Gasteiger partial charge in [-0.25, -0.2) is 0 Å². The summed E-state index contributed by atoms with van der Waals surface area (Å²) in [6.45, 7) is 0.260.